The largest absolute Gasteiger partial charge is 0.303 e. The molecule has 2 fully saturated rings. The smallest absolute Gasteiger partial charge is 0.126 e. The number of aldehydes is 1. The van der Waals surface area contributed by atoms with E-state index < -0.39 is 0 Å². The molecule has 1 atom stereocenters. The standard InChI is InChI=1S/C12H20O/c1-11(2)8-12(11,9-13)10-6-4-3-5-7-10/h9-10H,3-8H2,1-2H3. The Hall–Kier alpha value is -0.330. The quantitative estimate of drug-likeness (QED) is 0.596. The maximum absolute atomic E-state index is 11.2. The van der Waals surface area contributed by atoms with Gasteiger partial charge in [-0.15, -0.1) is 0 Å². The van der Waals surface area contributed by atoms with Crippen LogP contribution in [0.2, 0.25) is 0 Å². The molecule has 2 saturated carbocycles. The first-order chi connectivity index (χ1) is 6.12. The Bertz CT molecular complexity index is 213. The van der Waals surface area contributed by atoms with E-state index in [-0.39, 0.29) is 5.41 Å². The van der Waals surface area contributed by atoms with Crippen molar-refractivity contribution in [2.45, 2.75) is 52.4 Å². The van der Waals surface area contributed by atoms with E-state index in [2.05, 4.69) is 13.8 Å². The molecule has 74 valence electrons. The highest BCUT2D eigenvalue weighted by Gasteiger charge is 2.64. The Kier molecular flexibility index (Phi) is 2.01. The third-order valence-electron chi connectivity index (χ3n) is 4.41. The van der Waals surface area contributed by atoms with Gasteiger partial charge >= 0.3 is 0 Å². The fourth-order valence-electron chi connectivity index (χ4n) is 3.30. The summed E-state index contributed by atoms with van der Waals surface area (Å²) >= 11 is 0. The Morgan fingerprint density at radius 3 is 2.08 bits per heavy atom. The number of carbonyl (C=O) groups is 1. The van der Waals surface area contributed by atoms with Crippen LogP contribution >= 0.6 is 0 Å². The van der Waals surface area contributed by atoms with Crippen molar-refractivity contribution in [3.8, 4) is 0 Å². The van der Waals surface area contributed by atoms with Gasteiger partial charge in [0.25, 0.3) is 0 Å². The van der Waals surface area contributed by atoms with Crippen LogP contribution in [0.5, 0.6) is 0 Å². The van der Waals surface area contributed by atoms with Gasteiger partial charge in [-0.25, -0.2) is 0 Å². The highest BCUT2D eigenvalue weighted by atomic mass is 16.1. The van der Waals surface area contributed by atoms with E-state index in [1.165, 1.54) is 38.4 Å². The zero-order valence-electron chi connectivity index (χ0n) is 8.81. The highest BCUT2D eigenvalue weighted by molar-refractivity contribution is 5.67. The first-order valence-electron chi connectivity index (χ1n) is 5.59. The molecule has 0 bridgehead atoms. The average molecular weight is 180 g/mol. The van der Waals surface area contributed by atoms with Gasteiger partial charge in [-0.3, -0.25) is 0 Å². The van der Waals surface area contributed by atoms with Crippen LogP contribution in [0.15, 0.2) is 0 Å². The van der Waals surface area contributed by atoms with Crippen molar-refractivity contribution in [1.82, 2.24) is 0 Å². The van der Waals surface area contributed by atoms with Crippen LogP contribution in [0.4, 0.5) is 0 Å². The van der Waals surface area contributed by atoms with E-state index in [0.717, 1.165) is 6.42 Å². The number of hydrogen-bond acceptors (Lipinski definition) is 1. The van der Waals surface area contributed by atoms with Crippen molar-refractivity contribution in [2.75, 3.05) is 0 Å². The molecule has 0 aliphatic heterocycles. The van der Waals surface area contributed by atoms with Gasteiger partial charge in [-0.2, -0.15) is 0 Å². The molecule has 0 amide bonds. The molecule has 0 aromatic carbocycles. The Labute approximate surface area is 80.9 Å². The summed E-state index contributed by atoms with van der Waals surface area (Å²) in [7, 11) is 0. The fourth-order valence-corrected chi connectivity index (χ4v) is 3.30. The van der Waals surface area contributed by atoms with E-state index in [1.807, 2.05) is 0 Å². The first kappa shape index (κ1) is 9.23. The molecule has 0 radical (unpaired) electrons. The maximum atomic E-state index is 11.2. The van der Waals surface area contributed by atoms with Crippen molar-refractivity contribution in [3.63, 3.8) is 0 Å². The summed E-state index contributed by atoms with van der Waals surface area (Å²) in [6.07, 6.45) is 9.06. The van der Waals surface area contributed by atoms with Crippen LogP contribution in [0, 0.1) is 16.7 Å². The normalized spacial score (nSPS) is 38.6. The minimum Gasteiger partial charge on any atom is -0.303 e. The van der Waals surface area contributed by atoms with E-state index in [1.54, 1.807) is 0 Å². The molecule has 2 aliphatic rings. The van der Waals surface area contributed by atoms with Crippen molar-refractivity contribution in [1.29, 1.82) is 0 Å². The molecule has 1 nitrogen and oxygen atoms in total. The van der Waals surface area contributed by atoms with Crippen LogP contribution in [-0.4, -0.2) is 6.29 Å². The molecule has 2 aliphatic carbocycles. The second-order valence-corrected chi connectivity index (χ2v) is 5.55. The van der Waals surface area contributed by atoms with Gasteiger partial charge in [0.1, 0.15) is 6.29 Å². The monoisotopic (exact) mass is 180 g/mol. The zero-order chi connectivity index (χ0) is 9.53. The lowest BCUT2D eigenvalue weighted by Crippen LogP contribution is -2.24. The van der Waals surface area contributed by atoms with E-state index >= 15 is 0 Å². The van der Waals surface area contributed by atoms with E-state index in [4.69, 9.17) is 0 Å². The molecule has 1 heteroatoms. The Morgan fingerprint density at radius 2 is 1.69 bits per heavy atom. The van der Waals surface area contributed by atoms with Crippen molar-refractivity contribution >= 4 is 6.29 Å². The predicted molar refractivity (Wildman–Crippen MR) is 53.5 cm³/mol. The predicted octanol–water partition coefficient (Wildman–Crippen LogP) is 3.18. The molecule has 0 saturated heterocycles. The molecular formula is C12H20O. The lowest BCUT2D eigenvalue weighted by molar-refractivity contribution is -0.115. The van der Waals surface area contributed by atoms with Crippen LogP contribution in [-0.2, 0) is 4.79 Å². The highest BCUT2D eigenvalue weighted by Crippen LogP contribution is 2.68. The molecule has 0 aromatic heterocycles. The summed E-state index contributed by atoms with van der Waals surface area (Å²) in [6, 6.07) is 0. The Morgan fingerprint density at radius 1 is 1.15 bits per heavy atom. The molecule has 1 unspecified atom stereocenters. The molecule has 0 spiro atoms. The molecule has 13 heavy (non-hydrogen) atoms. The fraction of sp³-hybridized carbons (Fsp3) is 0.917. The van der Waals surface area contributed by atoms with Crippen molar-refractivity contribution in [3.05, 3.63) is 0 Å². The van der Waals surface area contributed by atoms with Gasteiger partial charge in [0.05, 0.1) is 0 Å². The second kappa shape index (κ2) is 2.83. The molecule has 0 aromatic rings. The SMILES string of the molecule is CC1(C)CC1(C=O)C1CCCCC1. The zero-order valence-corrected chi connectivity index (χ0v) is 8.81. The van der Waals surface area contributed by atoms with Crippen molar-refractivity contribution < 1.29 is 4.79 Å². The van der Waals surface area contributed by atoms with Gasteiger partial charge in [0.2, 0.25) is 0 Å². The number of rotatable bonds is 2. The van der Waals surface area contributed by atoms with Gasteiger partial charge < -0.3 is 4.79 Å². The lowest BCUT2D eigenvalue weighted by atomic mass is 9.75. The van der Waals surface area contributed by atoms with Gasteiger partial charge in [0, 0.05) is 5.41 Å². The maximum Gasteiger partial charge on any atom is 0.126 e. The van der Waals surface area contributed by atoms with Gasteiger partial charge in [0.15, 0.2) is 0 Å². The van der Waals surface area contributed by atoms with Crippen LogP contribution < -0.4 is 0 Å². The average Bonchev–Trinajstić information content (AvgIpc) is 2.72. The number of carbonyl (C=O) groups excluding carboxylic acids is 1. The first-order valence-corrected chi connectivity index (χ1v) is 5.59. The Balaban J connectivity index is 2.09. The molecule has 2 rings (SSSR count). The summed E-state index contributed by atoms with van der Waals surface area (Å²) in [5, 5.41) is 0. The van der Waals surface area contributed by atoms with E-state index in [0.29, 0.717) is 11.3 Å². The summed E-state index contributed by atoms with van der Waals surface area (Å²) in [6.45, 7) is 4.49. The number of hydrogen-bond donors (Lipinski definition) is 0. The molecular weight excluding hydrogens is 160 g/mol. The minimum absolute atomic E-state index is 0.0768. The molecule has 0 heterocycles. The van der Waals surface area contributed by atoms with Gasteiger partial charge in [-0.1, -0.05) is 33.1 Å². The van der Waals surface area contributed by atoms with Crippen molar-refractivity contribution in [2.24, 2.45) is 16.7 Å². The van der Waals surface area contributed by atoms with Crippen LogP contribution in [0.1, 0.15) is 52.4 Å². The van der Waals surface area contributed by atoms with Crippen LogP contribution in [0.3, 0.4) is 0 Å². The third kappa shape index (κ3) is 1.24. The molecule has 0 N–H and O–H groups in total. The summed E-state index contributed by atoms with van der Waals surface area (Å²) in [5.41, 5.74) is 0.379. The second-order valence-electron chi connectivity index (χ2n) is 5.55. The summed E-state index contributed by atoms with van der Waals surface area (Å²) in [4.78, 5) is 11.2. The third-order valence-corrected chi connectivity index (χ3v) is 4.41. The minimum atomic E-state index is 0.0768. The summed E-state index contributed by atoms with van der Waals surface area (Å²) < 4.78 is 0. The topological polar surface area (TPSA) is 17.1 Å². The van der Waals surface area contributed by atoms with E-state index in [9.17, 15) is 4.79 Å². The van der Waals surface area contributed by atoms with Crippen LogP contribution in [0.25, 0.3) is 0 Å². The summed E-state index contributed by atoms with van der Waals surface area (Å²) in [5.74, 6) is 0.703. The van der Waals surface area contributed by atoms with Gasteiger partial charge in [-0.05, 0) is 30.6 Å². The lowest BCUT2D eigenvalue weighted by Gasteiger charge is -2.29.